The minimum Gasteiger partial charge on any atom is -0.311 e. The van der Waals surface area contributed by atoms with Crippen molar-refractivity contribution in [3.05, 3.63) is 59.2 Å². The van der Waals surface area contributed by atoms with Crippen molar-refractivity contribution in [1.29, 1.82) is 0 Å². The molecule has 168 valence electrons. The van der Waals surface area contributed by atoms with E-state index in [4.69, 9.17) is 0 Å². The van der Waals surface area contributed by atoms with Crippen molar-refractivity contribution in [1.82, 2.24) is 10.2 Å². The number of para-hydroxylation sites is 1. The van der Waals surface area contributed by atoms with Crippen LogP contribution in [-0.2, 0) is 20.8 Å². The van der Waals surface area contributed by atoms with E-state index in [2.05, 4.69) is 5.32 Å². The lowest BCUT2D eigenvalue weighted by atomic mass is 10.0. The number of aryl methyl sites for hydroxylation is 1. The van der Waals surface area contributed by atoms with Crippen molar-refractivity contribution < 1.29 is 24.0 Å². The van der Waals surface area contributed by atoms with Gasteiger partial charge in [-0.3, -0.25) is 34.2 Å². The van der Waals surface area contributed by atoms with Crippen LogP contribution in [0.25, 0.3) is 0 Å². The predicted molar refractivity (Wildman–Crippen MR) is 121 cm³/mol. The molecule has 0 bridgehead atoms. The number of fused-ring (bicyclic) bond motifs is 2. The van der Waals surface area contributed by atoms with Crippen LogP contribution in [0.2, 0.25) is 0 Å². The zero-order chi connectivity index (χ0) is 23.1. The molecule has 3 aliphatic heterocycles. The Morgan fingerprint density at radius 2 is 1.79 bits per heavy atom. The zero-order valence-corrected chi connectivity index (χ0v) is 18.5. The number of hydrogen-bond donors (Lipinski definition) is 1. The maximum absolute atomic E-state index is 13.0. The molecular weight excluding hydrogens is 442 g/mol. The van der Waals surface area contributed by atoms with Crippen LogP contribution < -0.4 is 10.2 Å². The molecule has 5 rings (SSSR count). The number of imide groups is 2. The Morgan fingerprint density at radius 1 is 1.00 bits per heavy atom. The molecule has 0 spiro atoms. The second kappa shape index (κ2) is 8.47. The molecule has 33 heavy (non-hydrogen) atoms. The molecule has 3 heterocycles. The van der Waals surface area contributed by atoms with Gasteiger partial charge in [0.1, 0.15) is 6.04 Å². The van der Waals surface area contributed by atoms with Crippen molar-refractivity contribution in [2.24, 2.45) is 0 Å². The normalized spacial score (nSPS) is 19.9. The Hall–Kier alpha value is -3.46. The van der Waals surface area contributed by atoms with E-state index in [1.165, 1.54) is 11.8 Å². The van der Waals surface area contributed by atoms with Crippen LogP contribution in [0.4, 0.5) is 5.69 Å². The molecule has 3 aliphatic rings. The highest BCUT2D eigenvalue weighted by molar-refractivity contribution is 8.00. The number of rotatable bonds is 4. The molecule has 1 unspecified atom stereocenters. The topological polar surface area (TPSA) is 104 Å². The lowest BCUT2D eigenvalue weighted by Crippen LogP contribution is -2.54. The van der Waals surface area contributed by atoms with Gasteiger partial charge in [0.2, 0.25) is 17.7 Å². The maximum Gasteiger partial charge on any atom is 0.262 e. The van der Waals surface area contributed by atoms with Gasteiger partial charge in [0.25, 0.3) is 11.8 Å². The monoisotopic (exact) mass is 463 g/mol. The van der Waals surface area contributed by atoms with Crippen LogP contribution >= 0.6 is 11.8 Å². The summed E-state index contributed by atoms with van der Waals surface area (Å²) < 4.78 is 0. The summed E-state index contributed by atoms with van der Waals surface area (Å²) in [6.45, 7) is 0.675. The Bertz CT molecular complexity index is 1210. The minimum atomic E-state index is -0.994. The molecule has 2 aromatic carbocycles. The SMILES string of the molecule is O=C1CCC(N2C(=O)c3ccc(SCC(=O)N4CCCc5ccccc54)cc3C2=O)C(=O)N1. The average molecular weight is 464 g/mol. The molecule has 1 atom stereocenters. The third-order valence-electron chi connectivity index (χ3n) is 6.18. The summed E-state index contributed by atoms with van der Waals surface area (Å²) in [4.78, 5) is 65.7. The molecule has 1 fully saturated rings. The van der Waals surface area contributed by atoms with E-state index in [0.717, 1.165) is 29.0 Å². The van der Waals surface area contributed by atoms with Gasteiger partial charge in [0, 0.05) is 23.5 Å². The first-order chi connectivity index (χ1) is 15.9. The van der Waals surface area contributed by atoms with E-state index >= 15 is 0 Å². The number of carbonyl (C=O) groups is 5. The van der Waals surface area contributed by atoms with Gasteiger partial charge in [0.15, 0.2) is 0 Å². The summed E-state index contributed by atoms with van der Waals surface area (Å²) in [5.74, 6) is -1.95. The van der Waals surface area contributed by atoms with Crippen LogP contribution in [0.1, 0.15) is 45.5 Å². The quantitative estimate of drug-likeness (QED) is 0.551. The second-order valence-corrected chi connectivity index (χ2v) is 9.27. The molecule has 0 aromatic heterocycles. The number of nitrogens with zero attached hydrogens (tertiary/aromatic N) is 2. The number of carbonyl (C=O) groups excluding carboxylic acids is 5. The maximum atomic E-state index is 13.0. The Labute approximate surface area is 194 Å². The molecule has 8 nitrogen and oxygen atoms in total. The Balaban J connectivity index is 1.30. The summed E-state index contributed by atoms with van der Waals surface area (Å²) in [6, 6.07) is 11.8. The number of hydrogen-bond acceptors (Lipinski definition) is 6. The highest BCUT2D eigenvalue weighted by Gasteiger charge is 2.44. The number of thioether (sulfide) groups is 1. The van der Waals surface area contributed by atoms with E-state index in [9.17, 15) is 24.0 Å². The summed E-state index contributed by atoms with van der Waals surface area (Å²) in [5.41, 5.74) is 2.55. The number of nitrogens with one attached hydrogen (secondary N) is 1. The van der Waals surface area contributed by atoms with Crippen molar-refractivity contribution in [2.45, 2.75) is 36.6 Å². The van der Waals surface area contributed by atoms with Crippen LogP contribution in [0.5, 0.6) is 0 Å². The van der Waals surface area contributed by atoms with Crippen molar-refractivity contribution in [3.63, 3.8) is 0 Å². The van der Waals surface area contributed by atoms with Gasteiger partial charge in [-0.05, 0) is 49.1 Å². The second-order valence-electron chi connectivity index (χ2n) is 8.22. The summed E-state index contributed by atoms with van der Waals surface area (Å²) in [5, 5.41) is 2.19. The van der Waals surface area contributed by atoms with E-state index in [1.54, 1.807) is 23.1 Å². The fourth-order valence-electron chi connectivity index (χ4n) is 4.56. The standard InChI is InChI=1S/C24H21N3O5S/c28-20-10-9-19(22(30)25-20)27-23(31)16-8-7-15(12-17(16)24(27)32)33-13-21(29)26-11-3-5-14-4-1-2-6-18(14)26/h1-2,4,6-8,12,19H,3,5,9-11,13H2,(H,25,28,30). The van der Waals surface area contributed by atoms with Gasteiger partial charge in [0.05, 0.1) is 16.9 Å². The first-order valence-electron chi connectivity index (χ1n) is 10.8. The van der Waals surface area contributed by atoms with Crippen molar-refractivity contribution in [3.8, 4) is 0 Å². The van der Waals surface area contributed by atoms with Crippen LogP contribution in [0.3, 0.4) is 0 Å². The van der Waals surface area contributed by atoms with E-state index in [0.29, 0.717) is 11.4 Å². The highest BCUT2D eigenvalue weighted by atomic mass is 32.2. The third kappa shape index (κ3) is 3.82. The molecule has 0 saturated carbocycles. The largest absolute Gasteiger partial charge is 0.311 e. The van der Waals surface area contributed by atoms with Crippen molar-refractivity contribution >= 4 is 47.0 Å². The third-order valence-corrected chi connectivity index (χ3v) is 7.16. The zero-order valence-electron chi connectivity index (χ0n) is 17.7. The smallest absolute Gasteiger partial charge is 0.262 e. The average Bonchev–Trinajstić information content (AvgIpc) is 3.06. The van der Waals surface area contributed by atoms with Crippen molar-refractivity contribution in [2.75, 3.05) is 17.2 Å². The summed E-state index contributed by atoms with van der Waals surface area (Å²) in [7, 11) is 0. The van der Waals surface area contributed by atoms with Gasteiger partial charge >= 0.3 is 0 Å². The number of amides is 5. The highest BCUT2D eigenvalue weighted by Crippen LogP contribution is 2.32. The Kier molecular flexibility index (Phi) is 5.49. The Morgan fingerprint density at radius 3 is 2.61 bits per heavy atom. The summed E-state index contributed by atoms with van der Waals surface area (Å²) >= 11 is 1.31. The van der Waals surface area contributed by atoms with Gasteiger partial charge in [-0.2, -0.15) is 0 Å². The van der Waals surface area contributed by atoms with E-state index in [1.807, 2.05) is 24.3 Å². The number of anilines is 1. The van der Waals surface area contributed by atoms with Gasteiger partial charge in [-0.25, -0.2) is 0 Å². The van der Waals surface area contributed by atoms with Crippen LogP contribution in [0, 0.1) is 0 Å². The molecule has 9 heteroatoms. The van der Waals surface area contributed by atoms with Gasteiger partial charge in [-0.1, -0.05) is 18.2 Å². The molecular formula is C24H21N3O5S. The predicted octanol–water partition coefficient (Wildman–Crippen LogP) is 2.16. The van der Waals surface area contributed by atoms with E-state index < -0.39 is 29.7 Å². The minimum absolute atomic E-state index is 0.0137. The lowest BCUT2D eigenvalue weighted by molar-refractivity contribution is -0.136. The first-order valence-corrected chi connectivity index (χ1v) is 11.8. The molecule has 1 N–H and O–H groups in total. The van der Waals surface area contributed by atoms with Crippen LogP contribution in [-0.4, -0.2) is 52.8 Å². The van der Waals surface area contributed by atoms with Gasteiger partial charge < -0.3 is 4.90 Å². The van der Waals surface area contributed by atoms with Gasteiger partial charge in [-0.15, -0.1) is 11.8 Å². The first kappa shape index (κ1) is 21.4. The molecule has 1 saturated heterocycles. The van der Waals surface area contributed by atoms with E-state index in [-0.39, 0.29) is 35.6 Å². The number of benzene rings is 2. The fraction of sp³-hybridized carbons (Fsp3) is 0.292. The fourth-order valence-corrected chi connectivity index (χ4v) is 5.37. The number of piperidine rings is 1. The molecule has 0 radical (unpaired) electrons. The molecule has 0 aliphatic carbocycles. The molecule has 2 aromatic rings. The van der Waals surface area contributed by atoms with Crippen LogP contribution in [0.15, 0.2) is 47.4 Å². The lowest BCUT2D eigenvalue weighted by Gasteiger charge is -2.29. The molecule has 5 amide bonds. The summed E-state index contributed by atoms with van der Waals surface area (Å²) in [6.07, 6.45) is 2.06.